The molecule has 5 nitrogen and oxygen atoms in total. The Bertz CT molecular complexity index is 629. The van der Waals surface area contributed by atoms with Gasteiger partial charge in [-0.1, -0.05) is 48.5 Å². The van der Waals surface area contributed by atoms with Crippen molar-refractivity contribution in [3.8, 4) is 0 Å². The maximum Gasteiger partial charge on any atom is 0.368 e. The van der Waals surface area contributed by atoms with Crippen molar-refractivity contribution >= 4 is 11.7 Å². The Kier molecular flexibility index (Phi) is 5.38. The van der Waals surface area contributed by atoms with Crippen LogP contribution in [0.25, 0.3) is 0 Å². The van der Waals surface area contributed by atoms with Crippen LogP contribution in [0.15, 0.2) is 70.9 Å². The molecule has 0 saturated heterocycles. The lowest BCUT2D eigenvalue weighted by atomic mass is 10.0. The summed E-state index contributed by atoms with van der Waals surface area (Å²) in [6, 6.07) is 18.1. The molecule has 0 fully saturated rings. The van der Waals surface area contributed by atoms with E-state index in [1.54, 1.807) is 43.3 Å². The monoisotopic (exact) mass is 298 g/mol. The van der Waals surface area contributed by atoms with Gasteiger partial charge in [0.1, 0.15) is 0 Å². The van der Waals surface area contributed by atoms with Gasteiger partial charge in [0.15, 0.2) is 0 Å². The molecule has 0 aromatic heterocycles. The average molecular weight is 298 g/mol. The van der Waals surface area contributed by atoms with Crippen molar-refractivity contribution < 1.29 is 14.3 Å². The SMILES string of the molecule is CCOC(=O)C(N=Nc1ccccc1)(OC)c1ccccc1. The third kappa shape index (κ3) is 3.38. The van der Waals surface area contributed by atoms with Crippen molar-refractivity contribution in [1.82, 2.24) is 0 Å². The predicted octanol–water partition coefficient (Wildman–Crippen LogP) is 3.83. The first-order valence-electron chi connectivity index (χ1n) is 6.98. The standard InChI is InChI=1S/C17H18N2O3/c1-3-22-16(20)17(21-2,14-10-6-4-7-11-14)19-18-15-12-8-5-9-13-15/h4-13H,3H2,1-2H3. The quantitative estimate of drug-likeness (QED) is 0.601. The van der Waals surface area contributed by atoms with E-state index in [0.717, 1.165) is 0 Å². The van der Waals surface area contributed by atoms with Crippen molar-refractivity contribution in [2.45, 2.75) is 12.6 Å². The molecule has 2 aromatic rings. The number of azo groups is 1. The van der Waals surface area contributed by atoms with E-state index in [1.807, 2.05) is 24.3 Å². The zero-order valence-electron chi connectivity index (χ0n) is 12.6. The van der Waals surface area contributed by atoms with Crippen LogP contribution in [0.4, 0.5) is 5.69 Å². The third-order valence-electron chi connectivity index (χ3n) is 3.08. The summed E-state index contributed by atoms with van der Waals surface area (Å²) in [5.74, 6) is -0.594. The number of ether oxygens (including phenoxy) is 2. The second-order valence-electron chi connectivity index (χ2n) is 4.47. The lowest BCUT2D eigenvalue weighted by molar-refractivity contribution is -0.170. The summed E-state index contributed by atoms with van der Waals surface area (Å²) in [5, 5.41) is 8.29. The molecule has 1 unspecified atom stereocenters. The lowest BCUT2D eigenvalue weighted by Gasteiger charge is -2.24. The van der Waals surface area contributed by atoms with Crippen molar-refractivity contribution in [3.05, 3.63) is 66.2 Å². The Balaban J connectivity index is 2.45. The molecule has 2 rings (SSSR count). The van der Waals surface area contributed by atoms with Crippen LogP contribution in [-0.2, 0) is 20.0 Å². The minimum atomic E-state index is -1.60. The molecule has 0 aliphatic carbocycles. The van der Waals surface area contributed by atoms with E-state index < -0.39 is 11.7 Å². The fraction of sp³-hybridized carbons (Fsp3) is 0.235. The van der Waals surface area contributed by atoms with Gasteiger partial charge in [-0.15, -0.1) is 5.11 Å². The van der Waals surface area contributed by atoms with E-state index >= 15 is 0 Å². The summed E-state index contributed by atoms with van der Waals surface area (Å²) in [6.07, 6.45) is 0. The highest BCUT2D eigenvalue weighted by Gasteiger charge is 2.43. The van der Waals surface area contributed by atoms with Gasteiger partial charge in [-0.05, 0) is 19.1 Å². The Morgan fingerprint density at radius 3 is 2.18 bits per heavy atom. The Morgan fingerprint density at radius 1 is 1.05 bits per heavy atom. The van der Waals surface area contributed by atoms with Crippen LogP contribution >= 0.6 is 0 Å². The maximum absolute atomic E-state index is 12.4. The summed E-state index contributed by atoms with van der Waals surface area (Å²) in [7, 11) is 1.41. The topological polar surface area (TPSA) is 60.2 Å². The highest BCUT2D eigenvalue weighted by molar-refractivity contribution is 5.81. The van der Waals surface area contributed by atoms with Gasteiger partial charge in [-0.2, -0.15) is 5.11 Å². The molecule has 5 heteroatoms. The number of esters is 1. The molecule has 1 atom stereocenters. The lowest BCUT2D eigenvalue weighted by Crippen LogP contribution is -2.37. The average Bonchev–Trinajstić information content (AvgIpc) is 2.58. The first kappa shape index (κ1) is 15.9. The highest BCUT2D eigenvalue weighted by atomic mass is 16.6. The fourth-order valence-electron chi connectivity index (χ4n) is 1.97. The van der Waals surface area contributed by atoms with Gasteiger partial charge in [-0.25, -0.2) is 4.79 Å². The molecule has 0 aliphatic heterocycles. The molecular formula is C17H18N2O3. The van der Waals surface area contributed by atoms with Crippen molar-refractivity contribution in [3.63, 3.8) is 0 Å². The Morgan fingerprint density at radius 2 is 1.64 bits per heavy atom. The Labute approximate surface area is 129 Å². The van der Waals surface area contributed by atoms with Crippen LogP contribution in [0.3, 0.4) is 0 Å². The molecule has 0 spiro atoms. The molecule has 0 N–H and O–H groups in total. The number of hydrogen-bond acceptors (Lipinski definition) is 5. The first-order valence-corrected chi connectivity index (χ1v) is 6.98. The molecule has 0 saturated carbocycles. The first-order chi connectivity index (χ1) is 10.7. The molecule has 0 bridgehead atoms. The molecule has 0 radical (unpaired) electrons. The predicted molar refractivity (Wildman–Crippen MR) is 82.7 cm³/mol. The van der Waals surface area contributed by atoms with Crippen LogP contribution in [0.2, 0.25) is 0 Å². The number of benzene rings is 2. The van der Waals surface area contributed by atoms with Gasteiger partial charge in [-0.3, -0.25) is 0 Å². The van der Waals surface area contributed by atoms with Crippen LogP contribution < -0.4 is 0 Å². The number of nitrogens with zero attached hydrogens (tertiary/aromatic N) is 2. The number of carbonyl (C=O) groups is 1. The summed E-state index contributed by atoms with van der Waals surface area (Å²) in [4.78, 5) is 12.4. The largest absolute Gasteiger partial charge is 0.462 e. The number of rotatable bonds is 6. The minimum absolute atomic E-state index is 0.234. The number of methoxy groups -OCH3 is 1. The molecular weight excluding hydrogens is 280 g/mol. The van der Waals surface area contributed by atoms with Crippen molar-refractivity contribution in [1.29, 1.82) is 0 Å². The highest BCUT2D eigenvalue weighted by Crippen LogP contribution is 2.30. The molecule has 0 heterocycles. The summed E-state index contributed by atoms with van der Waals surface area (Å²) >= 11 is 0. The fourth-order valence-corrected chi connectivity index (χ4v) is 1.97. The third-order valence-corrected chi connectivity index (χ3v) is 3.08. The molecule has 2 aromatic carbocycles. The van der Waals surface area contributed by atoms with Crippen LogP contribution in [0.1, 0.15) is 12.5 Å². The van der Waals surface area contributed by atoms with Gasteiger partial charge in [0.05, 0.1) is 12.3 Å². The van der Waals surface area contributed by atoms with E-state index in [2.05, 4.69) is 10.2 Å². The molecule has 22 heavy (non-hydrogen) atoms. The minimum Gasteiger partial charge on any atom is -0.462 e. The Hall–Kier alpha value is -2.53. The number of hydrogen-bond donors (Lipinski definition) is 0. The van der Waals surface area contributed by atoms with Crippen molar-refractivity contribution in [2.24, 2.45) is 10.2 Å². The normalized spacial score (nSPS) is 13.7. The van der Waals surface area contributed by atoms with Crippen molar-refractivity contribution in [2.75, 3.05) is 13.7 Å². The maximum atomic E-state index is 12.4. The van der Waals surface area contributed by atoms with E-state index in [4.69, 9.17) is 9.47 Å². The zero-order valence-corrected chi connectivity index (χ0v) is 12.6. The molecule has 114 valence electrons. The zero-order chi connectivity index (χ0) is 15.8. The van der Waals surface area contributed by atoms with Crippen LogP contribution in [0.5, 0.6) is 0 Å². The summed E-state index contributed by atoms with van der Waals surface area (Å²) < 4.78 is 10.5. The second kappa shape index (κ2) is 7.47. The summed E-state index contributed by atoms with van der Waals surface area (Å²) in [6.45, 7) is 1.97. The number of carbonyl (C=O) groups excluding carboxylic acids is 1. The summed E-state index contributed by atoms with van der Waals surface area (Å²) in [5.41, 5.74) is -0.410. The van der Waals surface area contributed by atoms with Gasteiger partial charge in [0.25, 0.3) is 0 Å². The van der Waals surface area contributed by atoms with Gasteiger partial charge >= 0.3 is 11.7 Å². The van der Waals surface area contributed by atoms with E-state index in [0.29, 0.717) is 11.3 Å². The molecule has 0 amide bonds. The van der Waals surface area contributed by atoms with Gasteiger partial charge < -0.3 is 9.47 Å². The molecule has 0 aliphatic rings. The van der Waals surface area contributed by atoms with Gasteiger partial charge in [0, 0.05) is 12.7 Å². The van der Waals surface area contributed by atoms with Gasteiger partial charge in [0.2, 0.25) is 0 Å². The van der Waals surface area contributed by atoms with Crippen LogP contribution in [-0.4, -0.2) is 19.7 Å². The van der Waals surface area contributed by atoms with E-state index in [9.17, 15) is 4.79 Å². The van der Waals surface area contributed by atoms with E-state index in [1.165, 1.54) is 7.11 Å². The van der Waals surface area contributed by atoms with Crippen LogP contribution in [0, 0.1) is 0 Å². The smallest absolute Gasteiger partial charge is 0.368 e. The van der Waals surface area contributed by atoms with E-state index in [-0.39, 0.29) is 6.61 Å². The second-order valence-corrected chi connectivity index (χ2v) is 4.47.